The van der Waals surface area contributed by atoms with Gasteiger partial charge in [-0.05, 0) is 97.6 Å². The number of amides is 4. The molecule has 2 aliphatic heterocycles. The Morgan fingerprint density at radius 1 is 0.678 bits per heavy atom. The lowest BCUT2D eigenvalue weighted by atomic mass is 9.88. The van der Waals surface area contributed by atoms with Gasteiger partial charge in [-0.15, -0.1) is 0 Å². The number of aromatic nitrogens is 3. The average Bonchev–Trinajstić information content (AvgIpc) is 4.10. The summed E-state index contributed by atoms with van der Waals surface area (Å²) in [4.78, 5) is 67.4. The monoisotopic (exact) mass is 807 g/mol. The highest BCUT2D eigenvalue weighted by Crippen LogP contribution is 2.42. The van der Waals surface area contributed by atoms with Crippen LogP contribution in [-0.4, -0.2) is 101 Å². The van der Waals surface area contributed by atoms with Gasteiger partial charge in [0.1, 0.15) is 17.9 Å². The van der Waals surface area contributed by atoms with Gasteiger partial charge in [-0.1, -0.05) is 62.4 Å². The van der Waals surface area contributed by atoms with Gasteiger partial charge in [0.2, 0.25) is 11.8 Å². The van der Waals surface area contributed by atoms with Crippen molar-refractivity contribution >= 4 is 24.0 Å². The van der Waals surface area contributed by atoms with Crippen molar-refractivity contribution in [3.05, 3.63) is 77.4 Å². The molecular formula is C45H57N7O7. The van der Waals surface area contributed by atoms with E-state index in [1.54, 1.807) is 18.0 Å². The van der Waals surface area contributed by atoms with Crippen LogP contribution in [0.25, 0.3) is 33.6 Å². The Bertz CT molecular complexity index is 2130. The van der Waals surface area contributed by atoms with Crippen LogP contribution in [0.15, 0.2) is 54.7 Å². The number of fused-ring (bicyclic) bond motifs is 1. The van der Waals surface area contributed by atoms with Gasteiger partial charge in [0.25, 0.3) is 0 Å². The Kier molecular flexibility index (Phi) is 12.7. The summed E-state index contributed by atoms with van der Waals surface area (Å²) in [7, 11) is 4.09. The molecule has 14 heteroatoms. The maximum absolute atomic E-state index is 13.9. The van der Waals surface area contributed by atoms with E-state index in [9.17, 15) is 19.2 Å². The van der Waals surface area contributed by atoms with Crippen molar-refractivity contribution in [1.82, 2.24) is 35.4 Å². The Morgan fingerprint density at radius 2 is 1.20 bits per heavy atom. The predicted octanol–water partition coefficient (Wildman–Crippen LogP) is 7.08. The highest BCUT2D eigenvalue weighted by molar-refractivity contribution is 5.87. The number of nitrogens with zero attached hydrogens (tertiary/aromatic N) is 3. The number of methoxy groups -OCH3 is 3. The summed E-state index contributed by atoms with van der Waals surface area (Å²) >= 11 is 0. The second-order valence-electron chi connectivity index (χ2n) is 16.2. The molecule has 5 atom stereocenters. The number of alkyl carbamates (subject to hydrolysis) is 2. The maximum atomic E-state index is 13.9. The van der Waals surface area contributed by atoms with Crippen LogP contribution in [0, 0.1) is 5.92 Å². The number of hydrogen-bond acceptors (Lipinski definition) is 8. The molecule has 4 heterocycles. The van der Waals surface area contributed by atoms with E-state index in [1.807, 2.05) is 18.7 Å². The van der Waals surface area contributed by atoms with Crippen molar-refractivity contribution in [1.29, 1.82) is 0 Å². The molecule has 1 aliphatic carbocycles. The number of hydrogen-bond donors (Lipinski definition) is 4. The minimum atomic E-state index is -0.892. The van der Waals surface area contributed by atoms with Gasteiger partial charge < -0.3 is 44.6 Å². The summed E-state index contributed by atoms with van der Waals surface area (Å²) in [6.45, 7) is 6.83. The summed E-state index contributed by atoms with van der Waals surface area (Å²) in [5, 5.41) is 5.41. The van der Waals surface area contributed by atoms with Gasteiger partial charge in [-0.2, -0.15) is 0 Å². The molecule has 3 aliphatic rings. The molecule has 2 aromatic heterocycles. The molecule has 4 amide bonds. The zero-order valence-electron chi connectivity index (χ0n) is 34.9. The largest absolute Gasteiger partial charge is 0.453 e. The molecule has 0 radical (unpaired) electrons. The standard InChI is InChI=1S/C45H57N7O7/c1-26(2)37(49-44(55)58-5)42(53)51-23-9-13-35(51)40-33-12-8-7-11-32(33)39(48-40)31-21-17-29(18-22-31)28-15-19-30(20-16-28)34-25-46-41(47-34)36-14-10-24-52(36)43(54)38(27(3)57-4)50-45(56)59-6/h15-22,25-27,35-38,48H,7-14,23-24H2,1-6H3,(H,46,47)(H,49,55)(H,50,56)/t27-,35+,36+,37?,38+/m1/s1. The fourth-order valence-corrected chi connectivity index (χ4v) is 9.02. The number of rotatable bonds is 12. The van der Waals surface area contributed by atoms with Crippen LogP contribution in [0.4, 0.5) is 9.59 Å². The summed E-state index contributed by atoms with van der Waals surface area (Å²) in [5.41, 5.74) is 10.1. The number of carbonyl (C=O) groups is 4. The minimum Gasteiger partial charge on any atom is -0.453 e. The van der Waals surface area contributed by atoms with Crippen LogP contribution < -0.4 is 10.6 Å². The van der Waals surface area contributed by atoms with Crippen molar-refractivity contribution in [2.45, 2.75) is 102 Å². The summed E-state index contributed by atoms with van der Waals surface area (Å²) in [6, 6.07) is 15.1. The third kappa shape index (κ3) is 8.59. The number of benzene rings is 2. The first kappa shape index (κ1) is 41.5. The van der Waals surface area contributed by atoms with Crippen molar-refractivity contribution in [2.24, 2.45) is 5.92 Å². The normalized spacial score (nSPS) is 19.2. The maximum Gasteiger partial charge on any atom is 0.407 e. The van der Waals surface area contributed by atoms with E-state index in [0.717, 1.165) is 90.7 Å². The van der Waals surface area contributed by atoms with Crippen LogP contribution in [-0.2, 0) is 36.6 Å². The van der Waals surface area contributed by atoms with Gasteiger partial charge in [-0.3, -0.25) is 9.59 Å². The number of nitrogens with one attached hydrogen (secondary N) is 4. The third-order valence-corrected chi connectivity index (χ3v) is 12.3. The van der Waals surface area contributed by atoms with Crippen LogP contribution in [0.3, 0.4) is 0 Å². The molecule has 0 bridgehead atoms. The van der Waals surface area contributed by atoms with Crippen molar-refractivity contribution in [3.63, 3.8) is 0 Å². The molecular weight excluding hydrogens is 751 g/mol. The Morgan fingerprint density at radius 3 is 1.80 bits per heavy atom. The molecule has 2 aromatic carbocycles. The molecule has 4 aromatic rings. The SMILES string of the molecule is COC(=O)NC(C(=O)N1CCC[C@H]1c1[nH]c(-c2ccc(-c3ccc(-c4cnc([C@@H]5CCCN5C(=O)[C@@H](NC(=O)OC)[C@@H](C)OC)[nH]4)cc3)cc2)c2c1CCCC2)C(C)C. The summed E-state index contributed by atoms with van der Waals surface area (Å²) in [5.74, 6) is 0.307. The lowest BCUT2D eigenvalue weighted by molar-refractivity contribution is -0.137. The lowest BCUT2D eigenvalue weighted by Gasteiger charge is -2.31. The lowest BCUT2D eigenvalue weighted by Crippen LogP contribution is -2.54. The number of likely N-dealkylation sites (tertiary alicyclic amines) is 2. The molecule has 14 nitrogen and oxygen atoms in total. The number of aromatic amines is 2. The topological polar surface area (TPSA) is 171 Å². The number of H-pyrrole nitrogens is 2. The van der Waals surface area contributed by atoms with Gasteiger partial charge in [-0.25, -0.2) is 14.6 Å². The predicted molar refractivity (Wildman–Crippen MR) is 223 cm³/mol. The number of ether oxygens (including phenoxy) is 3. The van der Waals surface area contributed by atoms with Gasteiger partial charge >= 0.3 is 12.2 Å². The van der Waals surface area contributed by atoms with E-state index in [-0.39, 0.29) is 29.8 Å². The molecule has 4 N–H and O–H groups in total. The highest BCUT2D eigenvalue weighted by atomic mass is 16.5. The van der Waals surface area contributed by atoms with Crippen molar-refractivity contribution in [3.8, 4) is 33.6 Å². The zero-order valence-corrected chi connectivity index (χ0v) is 34.9. The van der Waals surface area contributed by atoms with Crippen molar-refractivity contribution < 1.29 is 33.4 Å². The van der Waals surface area contributed by atoms with E-state index in [2.05, 4.69) is 69.1 Å². The molecule has 59 heavy (non-hydrogen) atoms. The Balaban J connectivity index is 1.06. The number of carbonyl (C=O) groups excluding carboxylic acids is 4. The second-order valence-corrected chi connectivity index (χ2v) is 16.2. The molecule has 1 unspecified atom stereocenters. The smallest absolute Gasteiger partial charge is 0.407 e. The average molecular weight is 808 g/mol. The summed E-state index contributed by atoms with van der Waals surface area (Å²) in [6.07, 6.45) is 7.54. The third-order valence-electron chi connectivity index (χ3n) is 12.3. The Hall–Kier alpha value is -5.63. The van der Waals surface area contributed by atoms with Crippen LogP contribution in [0.1, 0.15) is 94.0 Å². The first-order valence-electron chi connectivity index (χ1n) is 20.8. The van der Waals surface area contributed by atoms with Crippen LogP contribution in [0.2, 0.25) is 0 Å². The minimum absolute atomic E-state index is 0.0677. The Labute approximate surface area is 345 Å². The highest BCUT2D eigenvalue weighted by Gasteiger charge is 2.40. The van der Waals surface area contributed by atoms with E-state index in [1.165, 1.54) is 32.5 Å². The summed E-state index contributed by atoms with van der Waals surface area (Å²) < 4.78 is 15.0. The molecule has 2 fully saturated rings. The van der Waals surface area contributed by atoms with Gasteiger partial charge in [0.05, 0.1) is 44.3 Å². The quantitative estimate of drug-likeness (QED) is 0.118. The molecule has 7 rings (SSSR count). The van der Waals surface area contributed by atoms with E-state index in [4.69, 9.17) is 19.2 Å². The molecule has 0 saturated carbocycles. The number of imidazole rings is 1. The van der Waals surface area contributed by atoms with E-state index in [0.29, 0.717) is 18.9 Å². The van der Waals surface area contributed by atoms with Crippen LogP contribution >= 0.6 is 0 Å². The van der Waals surface area contributed by atoms with Gasteiger partial charge in [0.15, 0.2) is 0 Å². The fourth-order valence-electron chi connectivity index (χ4n) is 9.02. The van der Waals surface area contributed by atoms with Crippen LogP contribution in [0.5, 0.6) is 0 Å². The molecule has 314 valence electrons. The fraction of sp³-hybridized carbons (Fsp3) is 0.489. The first-order valence-corrected chi connectivity index (χ1v) is 20.8. The second kappa shape index (κ2) is 18.1. The van der Waals surface area contributed by atoms with Gasteiger partial charge in [0, 0.05) is 31.6 Å². The van der Waals surface area contributed by atoms with Crippen molar-refractivity contribution in [2.75, 3.05) is 34.4 Å². The zero-order chi connectivity index (χ0) is 41.8. The van der Waals surface area contributed by atoms with E-state index < -0.39 is 30.4 Å². The molecule has 0 spiro atoms. The first-order chi connectivity index (χ1) is 28.5. The van der Waals surface area contributed by atoms with E-state index >= 15 is 0 Å². The molecule has 2 saturated heterocycles.